The van der Waals surface area contributed by atoms with Crippen molar-refractivity contribution in [2.45, 2.75) is 46.6 Å². The van der Waals surface area contributed by atoms with Gasteiger partial charge in [-0.15, -0.1) is 0 Å². The molecule has 0 saturated carbocycles. The number of aromatic nitrogens is 2. The van der Waals surface area contributed by atoms with Crippen LogP contribution in [0.1, 0.15) is 40.0 Å². The smallest absolute Gasteiger partial charge is 0.293 e. The first-order chi connectivity index (χ1) is 8.15. The van der Waals surface area contributed by atoms with Crippen LogP contribution in [-0.4, -0.2) is 16.1 Å². The molecule has 96 valence electrons. The number of rotatable bonds is 7. The standard InChI is InChI=1S/C13H23N3O/c1-4-9-16-10-8-15-12(13(16)17)14-7-5-6-11(2)3/h8,10-11H,4-7,9H2,1-3H3,(H,14,15). The maximum atomic E-state index is 11.9. The molecule has 1 N–H and O–H groups in total. The van der Waals surface area contributed by atoms with E-state index in [1.165, 1.54) is 6.42 Å². The number of anilines is 1. The Labute approximate surface area is 103 Å². The van der Waals surface area contributed by atoms with Gasteiger partial charge < -0.3 is 9.88 Å². The van der Waals surface area contributed by atoms with Gasteiger partial charge in [0.15, 0.2) is 5.82 Å². The first kappa shape index (κ1) is 13.7. The van der Waals surface area contributed by atoms with Gasteiger partial charge in [0.05, 0.1) is 0 Å². The summed E-state index contributed by atoms with van der Waals surface area (Å²) >= 11 is 0. The maximum Gasteiger partial charge on any atom is 0.293 e. The highest BCUT2D eigenvalue weighted by Gasteiger charge is 2.03. The molecule has 1 rings (SSSR count). The fourth-order valence-corrected chi connectivity index (χ4v) is 1.70. The molecule has 0 aliphatic rings. The molecule has 0 unspecified atom stereocenters. The molecule has 1 heterocycles. The van der Waals surface area contributed by atoms with Gasteiger partial charge in [0, 0.05) is 25.5 Å². The molecule has 0 radical (unpaired) electrons. The molecule has 0 saturated heterocycles. The predicted molar refractivity (Wildman–Crippen MR) is 71.3 cm³/mol. The van der Waals surface area contributed by atoms with Crippen molar-refractivity contribution in [2.75, 3.05) is 11.9 Å². The minimum absolute atomic E-state index is 0.0149. The molecule has 0 spiro atoms. The normalized spacial score (nSPS) is 10.8. The van der Waals surface area contributed by atoms with Crippen LogP contribution in [0.15, 0.2) is 17.2 Å². The molecule has 4 nitrogen and oxygen atoms in total. The van der Waals surface area contributed by atoms with Crippen LogP contribution in [0.25, 0.3) is 0 Å². The Morgan fingerprint density at radius 3 is 2.88 bits per heavy atom. The SMILES string of the molecule is CCCn1ccnc(NCCCC(C)C)c1=O. The number of hydrogen-bond acceptors (Lipinski definition) is 3. The molecule has 4 heteroatoms. The quantitative estimate of drug-likeness (QED) is 0.741. The largest absolute Gasteiger partial charge is 0.365 e. The molecule has 0 bridgehead atoms. The Balaban J connectivity index is 2.53. The van der Waals surface area contributed by atoms with Gasteiger partial charge in [-0.1, -0.05) is 20.8 Å². The first-order valence-corrected chi connectivity index (χ1v) is 6.44. The Morgan fingerprint density at radius 1 is 1.47 bits per heavy atom. The molecule has 0 amide bonds. The molecule has 17 heavy (non-hydrogen) atoms. The molecule has 1 aromatic heterocycles. The zero-order valence-corrected chi connectivity index (χ0v) is 11.1. The third kappa shape index (κ3) is 4.59. The Bertz CT molecular complexity index is 384. The van der Waals surface area contributed by atoms with Crippen LogP contribution >= 0.6 is 0 Å². The number of nitrogens with one attached hydrogen (secondary N) is 1. The van der Waals surface area contributed by atoms with Gasteiger partial charge in [0.25, 0.3) is 5.56 Å². The molecule has 0 fully saturated rings. The topological polar surface area (TPSA) is 46.9 Å². The lowest BCUT2D eigenvalue weighted by Crippen LogP contribution is -2.24. The number of aryl methyl sites for hydroxylation is 1. The van der Waals surface area contributed by atoms with E-state index in [4.69, 9.17) is 0 Å². The van der Waals surface area contributed by atoms with Crippen molar-refractivity contribution in [3.8, 4) is 0 Å². The van der Waals surface area contributed by atoms with Crippen LogP contribution in [0.2, 0.25) is 0 Å². The Morgan fingerprint density at radius 2 is 2.24 bits per heavy atom. The Kier molecular flexibility index (Phi) is 5.73. The summed E-state index contributed by atoms with van der Waals surface area (Å²) in [6, 6.07) is 0. The highest BCUT2D eigenvalue weighted by Crippen LogP contribution is 2.03. The average Bonchev–Trinajstić information content (AvgIpc) is 2.29. The fourth-order valence-electron chi connectivity index (χ4n) is 1.70. The molecular formula is C13H23N3O. The van der Waals surface area contributed by atoms with Gasteiger partial charge in [0.1, 0.15) is 0 Å². The van der Waals surface area contributed by atoms with Crippen molar-refractivity contribution in [3.05, 3.63) is 22.7 Å². The van der Waals surface area contributed by atoms with E-state index in [-0.39, 0.29) is 5.56 Å². The second-order valence-corrected chi connectivity index (χ2v) is 4.74. The van der Waals surface area contributed by atoms with Crippen molar-refractivity contribution >= 4 is 5.82 Å². The summed E-state index contributed by atoms with van der Waals surface area (Å²) in [5.74, 6) is 1.18. The van der Waals surface area contributed by atoms with Gasteiger partial charge in [0.2, 0.25) is 0 Å². The number of nitrogens with zero attached hydrogens (tertiary/aromatic N) is 2. The van der Waals surface area contributed by atoms with E-state index in [1.54, 1.807) is 17.0 Å². The molecular weight excluding hydrogens is 214 g/mol. The van der Waals surface area contributed by atoms with Crippen LogP contribution in [0.4, 0.5) is 5.82 Å². The summed E-state index contributed by atoms with van der Waals surface area (Å²) in [6.45, 7) is 8.03. The van der Waals surface area contributed by atoms with Gasteiger partial charge in [-0.25, -0.2) is 4.98 Å². The van der Waals surface area contributed by atoms with Crippen molar-refractivity contribution in [2.24, 2.45) is 5.92 Å². The van der Waals surface area contributed by atoms with E-state index < -0.39 is 0 Å². The van der Waals surface area contributed by atoms with E-state index in [2.05, 4.69) is 31.1 Å². The van der Waals surface area contributed by atoms with Gasteiger partial charge in [-0.2, -0.15) is 0 Å². The van der Waals surface area contributed by atoms with Crippen molar-refractivity contribution in [3.63, 3.8) is 0 Å². The van der Waals surface area contributed by atoms with E-state index in [0.29, 0.717) is 11.7 Å². The fraction of sp³-hybridized carbons (Fsp3) is 0.692. The average molecular weight is 237 g/mol. The first-order valence-electron chi connectivity index (χ1n) is 6.44. The minimum atomic E-state index is -0.0149. The summed E-state index contributed by atoms with van der Waals surface area (Å²) in [5, 5.41) is 3.12. The summed E-state index contributed by atoms with van der Waals surface area (Å²) in [7, 11) is 0. The molecule has 0 aliphatic carbocycles. The van der Waals surface area contributed by atoms with Gasteiger partial charge in [-0.3, -0.25) is 4.79 Å². The highest BCUT2D eigenvalue weighted by molar-refractivity contribution is 5.30. The summed E-state index contributed by atoms with van der Waals surface area (Å²) in [4.78, 5) is 16.0. The summed E-state index contributed by atoms with van der Waals surface area (Å²) in [6.07, 6.45) is 6.62. The van der Waals surface area contributed by atoms with Crippen LogP contribution in [0.5, 0.6) is 0 Å². The second-order valence-electron chi connectivity index (χ2n) is 4.74. The van der Waals surface area contributed by atoms with Crippen LogP contribution < -0.4 is 10.9 Å². The summed E-state index contributed by atoms with van der Waals surface area (Å²) in [5.41, 5.74) is -0.0149. The van der Waals surface area contributed by atoms with E-state index in [9.17, 15) is 4.79 Å². The lowest BCUT2D eigenvalue weighted by Gasteiger charge is -2.08. The van der Waals surface area contributed by atoms with Crippen LogP contribution in [0.3, 0.4) is 0 Å². The lowest BCUT2D eigenvalue weighted by atomic mass is 10.1. The minimum Gasteiger partial charge on any atom is -0.365 e. The van der Waals surface area contributed by atoms with Gasteiger partial charge >= 0.3 is 0 Å². The molecule has 1 aromatic rings. The zero-order valence-electron chi connectivity index (χ0n) is 11.1. The monoisotopic (exact) mass is 237 g/mol. The molecule has 0 aliphatic heterocycles. The van der Waals surface area contributed by atoms with Crippen LogP contribution in [-0.2, 0) is 6.54 Å². The van der Waals surface area contributed by atoms with E-state index in [1.807, 2.05) is 0 Å². The lowest BCUT2D eigenvalue weighted by molar-refractivity contribution is 0.566. The highest BCUT2D eigenvalue weighted by atomic mass is 16.1. The van der Waals surface area contributed by atoms with Crippen molar-refractivity contribution in [1.29, 1.82) is 0 Å². The molecule has 0 aromatic carbocycles. The maximum absolute atomic E-state index is 11.9. The van der Waals surface area contributed by atoms with E-state index >= 15 is 0 Å². The van der Waals surface area contributed by atoms with Crippen LogP contribution in [0, 0.1) is 5.92 Å². The summed E-state index contributed by atoms with van der Waals surface area (Å²) < 4.78 is 1.71. The third-order valence-electron chi connectivity index (χ3n) is 2.63. The van der Waals surface area contributed by atoms with E-state index in [0.717, 1.165) is 25.9 Å². The van der Waals surface area contributed by atoms with Gasteiger partial charge in [-0.05, 0) is 25.2 Å². The van der Waals surface area contributed by atoms with Crippen molar-refractivity contribution in [1.82, 2.24) is 9.55 Å². The van der Waals surface area contributed by atoms with Crippen molar-refractivity contribution < 1.29 is 0 Å². The molecule has 0 atom stereocenters. The second kappa shape index (κ2) is 7.09. The third-order valence-corrected chi connectivity index (χ3v) is 2.63. The number of hydrogen-bond donors (Lipinski definition) is 1. The predicted octanol–water partition coefficient (Wildman–Crippen LogP) is 2.50. The zero-order chi connectivity index (χ0) is 12.7. The Hall–Kier alpha value is -1.32.